The molecule has 0 aliphatic heterocycles. The summed E-state index contributed by atoms with van der Waals surface area (Å²) in [6.45, 7) is 2.06. The number of benzene rings is 1. The Balaban J connectivity index is 3.56. The van der Waals surface area contributed by atoms with E-state index in [-0.39, 0.29) is 0 Å². The van der Waals surface area contributed by atoms with Gasteiger partial charge in [-0.3, -0.25) is 0 Å². The van der Waals surface area contributed by atoms with Crippen molar-refractivity contribution in [3.8, 4) is 0 Å². The van der Waals surface area contributed by atoms with E-state index in [1.807, 2.05) is 0 Å². The molecule has 0 atom stereocenters. The quantitative estimate of drug-likeness (QED) is 0.331. The second-order valence-electron chi connectivity index (χ2n) is 2.49. The van der Waals surface area contributed by atoms with Crippen molar-refractivity contribution in [3.05, 3.63) is 29.0 Å². The molecule has 0 aliphatic rings. The van der Waals surface area contributed by atoms with Crippen LogP contribution >= 0.6 is 79.6 Å². The fourth-order valence-electron chi connectivity index (χ4n) is 0.904. The van der Waals surface area contributed by atoms with Gasteiger partial charge >= 0.3 is 0 Å². The Morgan fingerprint density at radius 2 is 1.23 bits per heavy atom. The monoisotopic (exact) mass is 496 g/mol. The van der Waals surface area contributed by atoms with Crippen LogP contribution in [0.4, 0.5) is 0 Å². The lowest BCUT2D eigenvalue weighted by Crippen LogP contribution is -1.90. The zero-order valence-corrected chi connectivity index (χ0v) is 14.5. The van der Waals surface area contributed by atoms with E-state index in [2.05, 4.69) is 86.6 Å². The lowest BCUT2D eigenvalue weighted by molar-refractivity contribution is 1.26. The van der Waals surface area contributed by atoms with Gasteiger partial charge in [-0.25, -0.2) is 0 Å². The van der Waals surface area contributed by atoms with Gasteiger partial charge in [0.15, 0.2) is 0 Å². The number of alkyl halides is 1. The maximum atomic E-state index is 3.55. The third-order valence-electron chi connectivity index (χ3n) is 1.71. The zero-order valence-electron chi connectivity index (χ0n) is 6.60. The molecule has 72 valence electrons. The van der Waals surface area contributed by atoms with Gasteiger partial charge in [-0.1, -0.05) is 15.9 Å². The van der Waals surface area contributed by atoms with Gasteiger partial charge in [-0.15, -0.1) is 0 Å². The van der Waals surface area contributed by atoms with E-state index in [0.29, 0.717) is 0 Å². The van der Waals surface area contributed by atoms with Gasteiger partial charge in [0.25, 0.3) is 0 Å². The van der Waals surface area contributed by atoms with Crippen LogP contribution in [-0.2, 0) is 5.33 Å². The fraction of sp³-hybridized carbons (Fsp3) is 0.250. The summed E-state index contributed by atoms with van der Waals surface area (Å²) in [6.07, 6.45) is 0. The number of hydrogen-bond acceptors (Lipinski definition) is 0. The normalized spacial score (nSPS) is 10.6. The molecule has 13 heavy (non-hydrogen) atoms. The predicted octanol–water partition coefficient (Wildman–Crippen LogP) is 5.94. The average molecular weight is 501 g/mol. The van der Waals surface area contributed by atoms with Crippen molar-refractivity contribution < 1.29 is 0 Å². The van der Waals surface area contributed by atoms with Crippen molar-refractivity contribution in [2.45, 2.75) is 12.3 Å². The Morgan fingerprint density at radius 1 is 0.846 bits per heavy atom. The second kappa shape index (κ2) is 5.10. The van der Waals surface area contributed by atoms with Gasteiger partial charge in [0.1, 0.15) is 0 Å². The molecule has 0 amide bonds. The molecule has 0 spiro atoms. The molecular weight excluding hydrogens is 496 g/mol. The van der Waals surface area contributed by atoms with Gasteiger partial charge in [-0.05, 0) is 81.8 Å². The lowest BCUT2D eigenvalue weighted by atomic mass is 10.2. The van der Waals surface area contributed by atoms with Crippen molar-refractivity contribution in [1.29, 1.82) is 0 Å². The summed E-state index contributed by atoms with van der Waals surface area (Å²) < 4.78 is 4.38. The molecule has 1 aromatic rings. The van der Waals surface area contributed by atoms with Crippen molar-refractivity contribution in [2.75, 3.05) is 0 Å². The van der Waals surface area contributed by atoms with Crippen LogP contribution in [-0.4, -0.2) is 0 Å². The molecule has 0 fully saturated rings. The van der Waals surface area contributed by atoms with Crippen molar-refractivity contribution in [3.63, 3.8) is 0 Å². The highest BCUT2D eigenvalue weighted by Gasteiger charge is 2.14. The van der Waals surface area contributed by atoms with Gasteiger partial charge in [0.05, 0.1) is 0 Å². The van der Waals surface area contributed by atoms with Crippen molar-refractivity contribution in [2.24, 2.45) is 0 Å². The Labute approximate surface area is 119 Å². The summed E-state index contributed by atoms with van der Waals surface area (Å²) in [4.78, 5) is 0. The first kappa shape index (κ1) is 12.7. The minimum absolute atomic E-state index is 0.811. The molecule has 0 unspecified atom stereocenters. The summed E-state index contributed by atoms with van der Waals surface area (Å²) in [5, 5.41) is 0.811. The summed E-state index contributed by atoms with van der Waals surface area (Å²) in [6, 6.07) is 0. The second-order valence-corrected chi connectivity index (χ2v) is 6.23. The maximum absolute atomic E-state index is 3.55. The summed E-state index contributed by atoms with van der Waals surface area (Å²) >= 11 is 17.6. The van der Waals surface area contributed by atoms with Crippen LogP contribution < -0.4 is 0 Å². The third kappa shape index (κ3) is 2.41. The van der Waals surface area contributed by atoms with E-state index in [1.54, 1.807) is 0 Å². The van der Waals surface area contributed by atoms with Crippen LogP contribution in [0, 0.1) is 6.92 Å². The number of rotatable bonds is 1. The number of halogens is 5. The van der Waals surface area contributed by atoms with E-state index in [4.69, 9.17) is 0 Å². The molecule has 5 heteroatoms. The Kier molecular flexibility index (Phi) is 4.98. The minimum atomic E-state index is 0.811. The van der Waals surface area contributed by atoms with Gasteiger partial charge in [0, 0.05) is 23.2 Å². The predicted molar refractivity (Wildman–Crippen MR) is 74.6 cm³/mol. The first-order chi connectivity index (χ1) is 6.00. The highest BCUT2D eigenvalue weighted by Crippen LogP contribution is 2.41. The average Bonchev–Trinajstić information content (AvgIpc) is 2.13. The molecule has 0 N–H and O–H groups in total. The largest absolute Gasteiger partial charge is 0.0875 e. The Bertz CT molecular complexity index is 316. The maximum Gasteiger partial charge on any atom is 0.0372 e. The smallest absolute Gasteiger partial charge is 0.0372 e. The van der Waals surface area contributed by atoms with Crippen LogP contribution in [0.3, 0.4) is 0 Å². The molecule has 0 radical (unpaired) electrons. The Hall–Kier alpha value is 1.62. The molecule has 0 heterocycles. The van der Waals surface area contributed by atoms with Crippen LogP contribution in [0.25, 0.3) is 0 Å². The molecular formula is C8H5Br5. The van der Waals surface area contributed by atoms with Crippen molar-refractivity contribution >= 4 is 79.6 Å². The van der Waals surface area contributed by atoms with Gasteiger partial charge in [-0.2, -0.15) is 0 Å². The van der Waals surface area contributed by atoms with Crippen LogP contribution in [0.2, 0.25) is 0 Å². The first-order valence-corrected chi connectivity index (χ1v) is 7.67. The lowest BCUT2D eigenvalue weighted by Gasteiger charge is -2.12. The SMILES string of the molecule is Cc1c(Br)c(Br)c(CBr)c(Br)c1Br. The fourth-order valence-corrected chi connectivity index (χ4v) is 4.90. The standard InChI is InChI=1S/C8H5Br5/c1-3-5(10)7(12)4(2-9)8(13)6(3)11/h2H2,1H3. The molecule has 0 saturated heterocycles. The molecule has 0 aliphatic carbocycles. The van der Waals surface area contributed by atoms with E-state index in [1.165, 1.54) is 11.1 Å². The van der Waals surface area contributed by atoms with E-state index in [9.17, 15) is 0 Å². The molecule has 0 aromatic heterocycles. The zero-order chi connectivity index (χ0) is 10.2. The van der Waals surface area contributed by atoms with Crippen LogP contribution in [0.15, 0.2) is 17.9 Å². The summed E-state index contributed by atoms with van der Waals surface area (Å²) in [5.74, 6) is 0. The van der Waals surface area contributed by atoms with E-state index >= 15 is 0 Å². The molecule has 0 nitrogen and oxygen atoms in total. The number of hydrogen-bond donors (Lipinski definition) is 0. The third-order valence-corrected chi connectivity index (χ3v) is 7.07. The topological polar surface area (TPSA) is 0 Å². The molecule has 0 saturated carbocycles. The highest BCUT2D eigenvalue weighted by molar-refractivity contribution is 9.14. The first-order valence-electron chi connectivity index (χ1n) is 3.38. The highest BCUT2D eigenvalue weighted by atomic mass is 79.9. The molecule has 1 rings (SSSR count). The molecule has 1 aromatic carbocycles. The summed E-state index contributed by atoms with van der Waals surface area (Å²) in [5.41, 5.74) is 2.38. The van der Waals surface area contributed by atoms with Gasteiger partial charge in [0.2, 0.25) is 0 Å². The summed E-state index contributed by atoms with van der Waals surface area (Å²) in [7, 11) is 0. The van der Waals surface area contributed by atoms with Crippen LogP contribution in [0.5, 0.6) is 0 Å². The Morgan fingerprint density at radius 3 is 1.54 bits per heavy atom. The minimum Gasteiger partial charge on any atom is -0.0875 e. The van der Waals surface area contributed by atoms with Crippen LogP contribution in [0.1, 0.15) is 11.1 Å². The van der Waals surface area contributed by atoms with E-state index in [0.717, 1.165) is 23.2 Å². The van der Waals surface area contributed by atoms with E-state index < -0.39 is 0 Å². The molecule has 0 bridgehead atoms. The van der Waals surface area contributed by atoms with Gasteiger partial charge < -0.3 is 0 Å². The van der Waals surface area contributed by atoms with Crippen molar-refractivity contribution in [1.82, 2.24) is 0 Å².